The molecule has 2 aliphatic heterocycles. The van der Waals surface area contributed by atoms with E-state index in [4.69, 9.17) is 4.74 Å². The van der Waals surface area contributed by atoms with Crippen LogP contribution in [0.5, 0.6) is 0 Å². The maximum Gasteiger partial charge on any atom is 0.410 e. The average Bonchev–Trinajstić information content (AvgIpc) is 2.48. The number of carbonyl (C=O) groups is 1. The lowest BCUT2D eigenvalue weighted by atomic mass is 9.99. The van der Waals surface area contributed by atoms with Gasteiger partial charge in [0.1, 0.15) is 5.60 Å². The van der Waals surface area contributed by atoms with Gasteiger partial charge < -0.3 is 19.9 Å². The van der Waals surface area contributed by atoms with Crippen molar-refractivity contribution in [3.63, 3.8) is 0 Å². The van der Waals surface area contributed by atoms with Gasteiger partial charge in [-0.15, -0.1) is 0 Å². The van der Waals surface area contributed by atoms with Gasteiger partial charge in [0.25, 0.3) is 0 Å². The molecule has 24 heavy (non-hydrogen) atoms. The second kappa shape index (κ2) is 8.52. The Morgan fingerprint density at radius 1 is 1.04 bits per heavy atom. The summed E-state index contributed by atoms with van der Waals surface area (Å²) in [6, 6.07) is 1.19. The number of hydrogen-bond donors (Lipinski definition) is 1. The van der Waals surface area contributed by atoms with Gasteiger partial charge in [0.2, 0.25) is 0 Å². The van der Waals surface area contributed by atoms with Crippen molar-refractivity contribution in [2.75, 3.05) is 32.7 Å². The van der Waals surface area contributed by atoms with Crippen molar-refractivity contribution in [2.24, 2.45) is 5.92 Å². The molecule has 140 valence electrons. The smallest absolute Gasteiger partial charge is 0.410 e. The van der Waals surface area contributed by atoms with Crippen LogP contribution >= 0.6 is 0 Å². The fourth-order valence-corrected chi connectivity index (χ4v) is 3.69. The monoisotopic (exact) mass is 339 g/mol. The van der Waals surface area contributed by atoms with E-state index in [1.807, 2.05) is 25.7 Å². The molecule has 0 spiro atoms. The lowest BCUT2D eigenvalue weighted by Crippen LogP contribution is -2.51. The Bertz CT molecular complexity index is 390. The van der Waals surface area contributed by atoms with E-state index in [0.717, 1.165) is 31.8 Å². The van der Waals surface area contributed by atoms with Crippen LogP contribution < -0.4 is 5.32 Å². The van der Waals surface area contributed by atoms with Crippen LogP contribution in [0.3, 0.4) is 0 Å². The molecular weight excluding hydrogens is 302 g/mol. The van der Waals surface area contributed by atoms with Gasteiger partial charge in [-0.25, -0.2) is 4.79 Å². The van der Waals surface area contributed by atoms with Crippen LogP contribution in [0.15, 0.2) is 0 Å². The molecule has 2 heterocycles. The second-order valence-corrected chi connectivity index (χ2v) is 8.88. The molecule has 0 aromatic heterocycles. The molecule has 0 aromatic carbocycles. The molecular formula is C19H37N3O2. The SMILES string of the molecule is CC(C)CN1CCC(NC2CCN(C(=O)OC(C)(C)C)CC2)CC1. The largest absolute Gasteiger partial charge is 0.444 e. The first-order valence-electron chi connectivity index (χ1n) is 9.69. The predicted octanol–water partition coefficient (Wildman–Crippen LogP) is 3.10. The maximum absolute atomic E-state index is 12.1. The van der Waals surface area contributed by atoms with Gasteiger partial charge in [-0.05, 0) is 65.5 Å². The summed E-state index contributed by atoms with van der Waals surface area (Å²) in [6.45, 7) is 15.6. The van der Waals surface area contributed by atoms with Crippen LogP contribution in [-0.4, -0.2) is 66.3 Å². The van der Waals surface area contributed by atoms with Gasteiger partial charge >= 0.3 is 6.09 Å². The van der Waals surface area contributed by atoms with Crippen LogP contribution in [-0.2, 0) is 4.74 Å². The number of carbonyl (C=O) groups excluding carboxylic acids is 1. The molecule has 0 aliphatic carbocycles. The van der Waals surface area contributed by atoms with E-state index >= 15 is 0 Å². The highest BCUT2D eigenvalue weighted by Gasteiger charge is 2.28. The summed E-state index contributed by atoms with van der Waals surface area (Å²) in [5.74, 6) is 0.756. The fourth-order valence-electron chi connectivity index (χ4n) is 3.69. The summed E-state index contributed by atoms with van der Waals surface area (Å²) in [5, 5.41) is 3.83. The highest BCUT2D eigenvalue weighted by Crippen LogP contribution is 2.18. The van der Waals surface area contributed by atoms with Gasteiger partial charge in [-0.3, -0.25) is 0 Å². The zero-order valence-corrected chi connectivity index (χ0v) is 16.3. The standard InChI is InChI=1S/C19H37N3O2/c1-15(2)14-21-10-6-16(7-11-21)20-17-8-12-22(13-9-17)18(23)24-19(3,4)5/h15-17,20H,6-14H2,1-5H3. The molecule has 2 aliphatic rings. The number of nitrogens with zero attached hydrogens (tertiary/aromatic N) is 2. The molecule has 2 saturated heterocycles. The zero-order valence-electron chi connectivity index (χ0n) is 16.3. The zero-order chi connectivity index (χ0) is 17.7. The molecule has 5 nitrogen and oxygen atoms in total. The van der Waals surface area contributed by atoms with Gasteiger partial charge in [0.05, 0.1) is 0 Å². The number of nitrogens with one attached hydrogen (secondary N) is 1. The highest BCUT2D eigenvalue weighted by atomic mass is 16.6. The molecule has 5 heteroatoms. The van der Waals surface area contributed by atoms with Crippen molar-refractivity contribution in [1.29, 1.82) is 0 Å². The van der Waals surface area contributed by atoms with Gasteiger partial charge in [-0.1, -0.05) is 13.8 Å². The van der Waals surface area contributed by atoms with Crippen LogP contribution in [0.25, 0.3) is 0 Å². The first-order valence-corrected chi connectivity index (χ1v) is 9.69. The van der Waals surface area contributed by atoms with Crippen molar-refractivity contribution in [3.05, 3.63) is 0 Å². The number of hydrogen-bond acceptors (Lipinski definition) is 4. The number of piperidine rings is 2. The molecule has 1 N–H and O–H groups in total. The van der Waals surface area contributed by atoms with E-state index in [0.29, 0.717) is 12.1 Å². The quantitative estimate of drug-likeness (QED) is 0.855. The van der Waals surface area contributed by atoms with Crippen LogP contribution in [0, 0.1) is 5.92 Å². The van der Waals surface area contributed by atoms with Crippen LogP contribution in [0.2, 0.25) is 0 Å². The van der Waals surface area contributed by atoms with Gasteiger partial charge in [0.15, 0.2) is 0 Å². The topological polar surface area (TPSA) is 44.8 Å². The Morgan fingerprint density at radius 3 is 2.00 bits per heavy atom. The molecule has 1 amide bonds. The summed E-state index contributed by atoms with van der Waals surface area (Å²) < 4.78 is 5.47. The Hall–Kier alpha value is -0.810. The summed E-state index contributed by atoms with van der Waals surface area (Å²) in [4.78, 5) is 16.6. The van der Waals surface area contributed by atoms with Crippen molar-refractivity contribution in [1.82, 2.24) is 15.1 Å². The molecule has 0 atom stereocenters. The van der Waals surface area contributed by atoms with Gasteiger partial charge in [0, 0.05) is 31.7 Å². The highest BCUT2D eigenvalue weighted by molar-refractivity contribution is 5.68. The second-order valence-electron chi connectivity index (χ2n) is 8.88. The number of ether oxygens (including phenoxy) is 1. The van der Waals surface area contributed by atoms with Crippen molar-refractivity contribution < 1.29 is 9.53 Å². The first kappa shape index (κ1) is 19.5. The minimum absolute atomic E-state index is 0.164. The normalized spacial score (nSPS) is 22.2. The predicted molar refractivity (Wildman–Crippen MR) is 98.3 cm³/mol. The van der Waals surface area contributed by atoms with Crippen molar-refractivity contribution in [2.45, 2.75) is 78.0 Å². The summed E-state index contributed by atoms with van der Waals surface area (Å²) in [5.41, 5.74) is -0.407. The number of amides is 1. The van der Waals surface area contributed by atoms with E-state index in [1.165, 1.54) is 32.5 Å². The number of rotatable bonds is 4. The van der Waals surface area contributed by atoms with E-state index in [1.54, 1.807) is 0 Å². The molecule has 2 rings (SSSR count). The Kier molecular flexibility index (Phi) is 6.93. The average molecular weight is 340 g/mol. The molecule has 2 fully saturated rings. The molecule has 0 radical (unpaired) electrons. The van der Waals surface area contributed by atoms with E-state index < -0.39 is 5.60 Å². The van der Waals surface area contributed by atoms with Crippen LogP contribution in [0.4, 0.5) is 4.79 Å². The summed E-state index contributed by atoms with van der Waals surface area (Å²) in [6.07, 6.45) is 4.40. The molecule has 0 saturated carbocycles. The van der Waals surface area contributed by atoms with Gasteiger partial charge in [-0.2, -0.15) is 0 Å². The molecule has 0 bridgehead atoms. The summed E-state index contributed by atoms with van der Waals surface area (Å²) in [7, 11) is 0. The van der Waals surface area contributed by atoms with Crippen molar-refractivity contribution >= 4 is 6.09 Å². The fraction of sp³-hybridized carbons (Fsp3) is 0.947. The third-order valence-electron chi connectivity index (χ3n) is 4.83. The minimum Gasteiger partial charge on any atom is -0.444 e. The third-order valence-corrected chi connectivity index (χ3v) is 4.83. The number of likely N-dealkylation sites (tertiary alicyclic amines) is 2. The Balaban J connectivity index is 1.66. The van der Waals surface area contributed by atoms with E-state index in [9.17, 15) is 4.79 Å². The van der Waals surface area contributed by atoms with E-state index in [-0.39, 0.29) is 6.09 Å². The van der Waals surface area contributed by atoms with E-state index in [2.05, 4.69) is 24.1 Å². The van der Waals surface area contributed by atoms with Crippen molar-refractivity contribution in [3.8, 4) is 0 Å². The maximum atomic E-state index is 12.1. The summed E-state index contributed by atoms with van der Waals surface area (Å²) >= 11 is 0. The Morgan fingerprint density at radius 2 is 1.54 bits per heavy atom. The third kappa shape index (κ3) is 6.60. The molecule has 0 aromatic rings. The van der Waals surface area contributed by atoms with Crippen LogP contribution in [0.1, 0.15) is 60.3 Å². The lowest BCUT2D eigenvalue weighted by Gasteiger charge is -2.38. The lowest BCUT2D eigenvalue weighted by molar-refractivity contribution is 0.0193. The minimum atomic E-state index is -0.407. The molecule has 0 unspecified atom stereocenters. The Labute approximate surface area is 148 Å². The first-order chi connectivity index (χ1) is 11.2.